The molecule has 0 N–H and O–H groups in total. The van der Waals surface area contributed by atoms with Gasteiger partial charge in [0.15, 0.2) is 0 Å². The molecule has 0 amide bonds. The van der Waals surface area contributed by atoms with Gasteiger partial charge in [0.05, 0.1) is 24.2 Å². The van der Waals surface area contributed by atoms with Crippen LogP contribution in [0.2, 0.25) is 5.02 Å². The Morgan fingerprint density at radius 2 is 1.69 bits per heavy atom. The van der Waals surface area contributed by atoms with E-state index >= 15 is 0 Å². The van der Waals surface area contributed by atoms with E-state index in [1.165, 1.54) is 0 Å². The van der Waals surface area contributed by atoms with Gasteiger partial charge in [-0.05, 0) is 54.7 Å². The Morgan fingerprint density at radius 3 is 2.34 bits per heavy atom. The van der Waals surface area contributed by atoms with Gasteiger partial charge in [0, 0.05) is 5.02 Å². The van der Waals surface area contributed by atoms with Crippen molar-refractivity contribution >= 4 is 35.7 Å². The quantitative estimate of drug-likeness (QED) is 0.267. The fourth-order valence-corrected chi connectivity index (χ4v) is 6.94. The fourth-order valence-electron chi connectivity index (χ4n) is 4.14. The Kier molecular flexibility index (Phi) is 7.01. The van der Waals surface area contributed by atoms with Crippen LogP contribution >= 0.6 is 19.1 Å². The summed E-state index contributed by atoms with van der Waals surface area (Å²) in [4.78, 5) is 0. The van der Waals surface area contributed by atoms with Crippen LogP contribution in [-0.4, -0.2) is 11.3 Å². The van der Waals surface area contributed by atoms with Crippen LogP contribution in [0, 0.1) is 0 Å². The van der Waals surface area contributed by atoms with Crippen molar-refractivity contribution in [2.75, 3.05) is 6.61 Å². The smallest absolute Gasteiger partial charge is 0.310 e. The van der Waals surface area contributed by atoms with E-state index in [9.17, 15) is 4.57 Å². The summed E-state index contributed by atoms with van der Waals surface area (Å²) in [5.41, 5.74) is 5.08. The van der Waals surface area contributed by atoms with Gasteiger partial charge >= 0.3 is 7.52 Å². The minimum Gasteiger partial charge on any atom is -0.310 e. The minimum absolute atomic E-state index is 0.334. The van der Waals surface area contributed by atoms with Crippen LogP contribution in [0.25, 0.3) is 11.3 Å². The van der Waals surface area contributed by atoms with E-state index in [1.807, 2.05) is 79.2 Å². The number of benzene rings is 3. The standard InChI is InChI=1S/C27H27ClNO2P/c1-3-5-16-25-24-18-17-23(28)19-26(24)32(30,31-4-2)29(20-21-12-8-6-9-13-21)27(25)22-14-10-7-11-15-22/h3,5-15,17-19H,4,16,20H2,1-2H3/b5-3+. The van der Waals surface area contributed by atoms with Gasteiger partial charge in [0.2, 0.25) is 0 Å². The molecule has 4 rings (SSSR count). The van der Waals surface area contributed by atoms with Gasteiger partial charge < -0.3 is 4.52 Å². The number of hydrogen-bond acceptors (Lipinski definition) is 2. The van der Waals surface area contributed by atoms with Crippen LogP contribution in [-0.2, 0) is 15.6 Å². The first-order valence-electron chi connectivity index (χ1n) is 10.8. The maximum Gasteiger partial charge on any atom is 0.327 e. The van der Waals surface area contributed by atoms with Crippen LogP contribution in [0.15, 0.2) is 91.0 Å². The monoisotopic (exact) mass is 463 g/mol. The largest absolute Gasteiger partial charge is 0.327 e. The molecular formula is C27H27ClNO2P. The van der Waals surface area contributed by atoms with Crippen molar-refractivity contribution < 1.29 is 9.09 Å². The van der Waals surface area contributed by atoms with E-state index in [0.717, 1.165) is 28.0 Å². The SMILES string of the molecule is C/C=C/CC1=C(c2ccccc2)N(Cc2ccccc2)P(=O)(OCC)c2cc(Cl)ccc21. The summed E-state index contributed by atoms with van der Waals surface area (Å²) >= 11 is 6.39. The molecule has 1 aliphatic heterocycles. The van der Waals surface area contributed by atoms with Crippen molar-refractivity contribution in [1.82, 2.24) is 4.67 Å². The first-order chi connectivity index (χ1) is 15.6. The molecule has 0 bridgehead atoms. The summed E-state index contributed by atoms with van der Waals surface area (Å²) in [5.74, 6) is 0. The molecule has 3 nitrogen and oxygen atoms in total. The lowest BCUT2D eigenvalue weighted by Gasteiger charge is -2.41. The molecule has 3 aromatic rings. The maximum absolute atomic E-state index is 14.7. The Hall–Kier alpha value is -2.58. The van der Waals surface area contributed by atoms with E-state index < -0.39 is 7.52 Å². The number of fused-ring (bicyclic) bond motifs is 1. The van der Waals surface area contributed by atoms with Crippen LogP contribution in [0.5, 0.6) is 0 Å². The predicted molar refractivity (Wildman–Crippen MR) is 135 cm³/mol. The second-order valence-electron chi connectivity index (χ2n) is 7.61. The summed E-state index contributed by atoms with van der Waals surface area (Å²) in [7, 11) is -3.43. The van der Waals surface area contributed by atoms with E-state index in [4.69, 9.17) is 16.1 Å². The lowest BCUT2D eigenvalue weighted by Crippen LogP contribution is -2.33. The normalized spacial score (nSPS) is 18.3. The molecule has 32 heavy (non-hydrogen) atoms. The number of nitrogens with zero attached hydrogens (tertiary/aromatic N) is 1. The van der Waals surface area contributed by atoms with E-state index in [0.29, 0.717) is 29.9 Å². The first kappa shape index (κ1) is 22.6. The van der Waals surface area contributed by atoms with Gasteiger partial charge in [-0.3, -0.25) is 9.24 Å². The molecule has 3 aromatic carbocycles. The van der Waals surface area contributed by atoms with Gasteiger partial charge in [-0.2, -0.15) is 0 Å². The molecule has 5 heteroatoms. The summed E-state index contributed by atoms with van der Waals surface area (Å²) < 4.78 is 22.8. The van der Waals surface area contributed by atoms with E-state index in [-0.39, 0.29) is 0 Å². The lowest BCUT2D eigenvalue weighted by molar-refractivity contribution is 0.304. The van der Waals surface area contributed by atoms with Crippen molar-refractivity contribution in [2.24, 2.45) is 0 Å². The summed E-state index contributed by atoms with van der Waals surface area (Å²) in [6, 6.07) is 25.9. The van der Waals surface area contributed by atoms with Crippen LogP contribution in [0.4, 0.5) is 0 Å². The van der Waals surface area contributed by atoms with Gasteiger partial charge in [0.25, 0.3) is 0 Å². The highest BCUT2D eigenvalue weighted by Crippen LogP contribution is 2.60. The molecule has 0 saturated carbocycles. The molecule has 0 radical (unpaired) electrons. The highest BCUT2D eigenvalue weighted by molar-refractivity contribution is 7.65. The van der Waals surface area contributed by atoms with Crippen LogP contribution < -0.4 is 5.30 Å². The minimum atomic E-state index is -3.43. The Balaban J connectivity index is 2.04. The highest BCUT2D eigenvalue weighted by Gasteiger charge is 2.43. The van der Waals surface area contributed by atoms with Crippen LogP contribution in [0.1, 0.15) is 37.0 Å². The van der Waals surface area contributed by atoms with E-state index in [2.05, 4.69) is 30.3 Å². The average molecular weight is 464 g/mol. The fraction of sp³-hybridized carbons (Fsp3) is 0.185. The molecule has 1 aliphatic rings. The van der Waals surface area contributed by atoms with Crippen LogP contribution in [0.3, 0.4) is 0 Å². The zero-order valence-electron chi connectivity index (χ0n) is 18.4. The Morgan fingerprint density at radius 1 is 1.00 bits per heavy atom. The topological polar surface area (TPSA) is 29.5 Å². The third-order valence-corrected chi connectivity index (χ3v) is 8.33. The van der Waals surface area contributed by atoms with Crippen molar-refractivity contribution in [1.29, 1.82) is 0 Å². The van der Waals surface area contributed by atoms with Crippen molar-refractivity contribution in [3.8, 4) is 0 Å². The summed E-state index contributed by atoms with van der Waals surface area (Å²) in [6.07, 6.45) is 4.89. The number of allylic oxidation sites excluding steroid dienone is 3. The van der Waals surface area contributed by atoms with E-state index in [1.54, 1.807) is 0 Å². The van der Waals surface area contributed by atoms with Crippen molar-refractivity contribution in [3.63, 3.8) is 0 Å². The number of rotatable bonds is 7. The van der Waals surface area contributed by atoms with Gasteiger partial charge in [0.1, 0.15) is 0 Å². The molecule has 0 aromatic heterocycles. The zero-order valence-corrected chi connectivity index (χ0v) is 20.0. The Bertz CT molecular complexity index is 1190. The molecule has 1 heterocycles. The molecule has 0 fully saturated rings. The first-order valence-corrected chi connectivity index (χ1v) is 12.8. The molecule has 0 saturated heterocycles. The highest BCUT2D eigenvalue weighted by atomic mass is 35.5. The van der Waals surface area contributed by atoms with Crippen molar-refractivity contribution in [2.45, 2.75) is 26.8 Å². The molecule has 0 aliphatic carbocycles. The van der Waals surface area contributed by atoms with Gasteiger partial charge in [-0.1, -0.05) is 90.5 Å². The molecule has 1 atom stereocenters. The number of hydrogen-bond donors (Lipinski definition) is 0. The van der Waals surface area contributed by atoms with Gasteiger partial charge in [-0.25, -0.2) is 0 Å². The second-order valence-corrected chi connectivity index (χ2v) is 10.3. The molecule has 0 spiro atoms. The number of halogens is 1. The molecule has 1 unspecified atom stereocenters. The van der Waals surface area contributed by atoms with Crippen molar-refractivity contribution in [3.05, 3.63) is 113 Å². The summed E-state index contributed by atoms with van der Waals surface area (Å²) in [6.45, 7) is 4.70. The summed E-state index contributed by atoms with van der Waals surface area (Å²) in [5, 5.41) is 1.22. The second kappa shape index (κ2) is 9.92. The average Bonchev–Trinajstić information content (AvgIpc) is 2.82. The predicted octanol–water partition coefficient (Wildman–Crippen LogP) is 7.55. The van der Waals surface area contributed by atoms with Gasteiger partial charge in [-0.15, -0.1) is 0 Å². The zero-order chi connectivity index (χ0) is 22.6. The Labute approximate surface area is 195 Å². The lowest BCUT2D eigenvalue weighted by atomic mass is 9.95. The third-order valence-electron chi connectivity index (χ3n) is 5.54. The third kappa shape index (κ3) is 4.34. The maximum atomic E-state index is 14.7. The molecular weight excluding hydrogens is 437 g/mol. The molecule has 164 valence electrons.